The number of hydrogen-bond donors (Lipinski definition) is 1. The normalized spacial score (nSPS) is 10.2. The maximum absolute atomic E-state index is 11.4. The fraction of sp³-hybridized carbons (Fsp3) is 0.357. The zero-order valence-corrected chi connectivity index (χ0v) is 12.8. The van der Waals surface area contributed by atoms with Gasteiger partial charge in [0.1, 0.15) is 0 Å². The van der Waals surface area contributed by atoms with Crippen LogP contribution >= 0.6 is 11.3 Å². The van der Waals surface area contributed by atoms with Gasteiger partial charge in [0.05, 0.1) is 25.8 Å². The summed E-state index contributed by atoms with van der Waals surface area (Å²) in [6, 6.07) is 3.75. The molecule has 0 saturated heterocycles. The number of rotatable bonds is 7. The number of nitrogens with zero attached hydrogens (tertiary/aromatic N) is 2. The van der Waals surface area contributed by atoms with E-state index in [1.165, 1.54) is 11.3 Å². The molecule has 1 N–H and O–H groups in total. The molecule has 2 heterocycles. The molecule has 0 radical (unpaired) electrons. The molecule has 0 aliphatic heterocycles. The summed E-state index contributed by atoms with van der Waals surface area (Å²) in [4.78, 5) is 19.8. The number of hydrogen-bond acceptors (Lipinski definition) is 7. The number of nitrogens with one attached hydrogen (secondary N) is 1. The minimum atomic E-state index is -0.256. The summed E-state index contributed by atoms with van der Waals surface area (Å²) >= 11 is 1.46. The molecule has 0 atom stereocenters. The van der Waals surface area contributed by atoms with Gasteiger partial charge in [0.2, 0.25) is 5.88 Å². The second kappa shape index (κ2) is 7.58. The summed E-state index contributed by atoms with van der Waals surface area (Å²) < 4.78 is 9.90. The predicted molar refractivity (Wildman–Crippen MR) is 80.6 cm³/mol. The van der Waals surface area contributed by atoms with Crippen molar-refractivity contribution < 1.29 is 14.3 Å². The molecule has 2 aromatic rings. The smallest absolute Gasteiger partial charge is 0.311 e. The van der Waals surface area contributed by atoms with Crippen molar-refractivity contribution in [1.82, 2.24) is 9.97 Å². The van der Waals surface area contributed by atoms with Crippen molar-refractivity contribution in [2.24, 2.45) is 0 Å². The molecule has 2 aromatic heterocycles. The van der Waals surface area contributed by atoms with Gasteiger partial charge in [0.25, 0.3) is 0 Å². The largest absolute Gasteiger partial charge is 0.481 e. The Bertz CT molecular complexity index is 583. The standard InChI is InChI=1S/C14H17N3O3S/c1-3-20-13(18)6-11-9-21-14(17-11)16-8-10-4-5-12(19-2)15-7-10/h4-5,7,9H,3,6,8H2,1-2H3,(H,16,17). The Balaban J connectivity index is 1.85. The van der Waals surface area contributed by atoms with Crippen LogP contribution in [0.5, 0.6) is 5.88 Å². The average Bonchev–Trinajstić information content (AvgIpc) is 2.93. The number of aromatic nitrogens is 2. The minimum absolute atomic E-state index is 0.204. The summed E-state index contributed by atoms with van der Waals surface area (Å²) in [6.45, 7) is 2.79. The molecular weight excluding hydrogens is 290 g/mol. The lowest BCUT2D eigenvalue weighted by molar-refractivity contribution is -0.142. The van der Waals surface area contributed by atoms with E-state index >= 15 is 0 Å². The fourth-order valence-electron chi connectivity index (χ4n) is 1.64. The number of carbonyl (C=O) groups is 1. The highest BCUT2D eigenvalue weighted by Gasteiger charge is 2.08. The van der Waals surface area contributed by atoms with Crippen LogP contribution in [0.1, 0.15) is 18.2 Å². The van der Waals surface area contributed by atoms with Crippen LogP contribution < -0.4 is 10.1 Å². The summed E-state index contributed by atoms with van der Waals surface area (Å²) in [7, 11) is 1.58. The first kappa shape index (κ1) is 15.2. The van der Waals surface area contributed by atoms with Crippen molar-refractivity contribution in [3.05, 3.63) is 35.0 Å². The third-order valence-corrected chi connectivity index (χ3v) is 3.48. The lowest BCUT2D eigenvalue weighted by Crippen LogP contribution is -2.08. The Kier molecular flexibility index (Phi) is 5.51. The molecule has 0 fully saturated rings. The molecule has 6 nitrogen and oxygen atoms in total. The van der Waals surface area contributed by atoms with Gasteiger partial charge >= 0.3 is 5.97 Å². The Morgan fingerprint density at radius 3 is 2.95 bits per heavy atom. The molecule has 2 rings (SSSR count). The third kappa shape index (κ3) is 4.71. The lowest BCUT2D eigenvalue weighted by atomic mass is 10.3. The molecule has 0 spiro atoms. The van der Waals surface area contributed by atoms with Crippen molar-refractivity contribution in [2.45, 2.75) is 19.9 Å². The number of carbonyl (C=O) groups excluding carboxylic acids is 1. The van der Waals surface area contributed by atoms with E-state index in [0.717, 1.165) is 10.7 Å². The summed E-state index contributed by atoms with van der Waals surface area (Å²) in [5.74, 6) is 0.332. The van der Waals surface area contributed by atoms with Gasteiger partial charge < -0.3 is 14.8 Å². The van der Waals surface area contributed by atoms with Crippen molar-refractivity contribution in [3.63, 3.8) is 0 Å². The number of methoxy groups -OCH3 is 1. The molecule has 7 heteroatoms. The summed E-state index contributed by atoms with van der Waals surface area (Å²) in [6.07, 6.45) is 1.95. The second-order valence-electron chi connectivity index (χ2n) is 4.19. The highest BCUT2D eigenvalue weighted by molar-refractivity contribution is 7.13. The first-order valence-corrected chi connectivity index (χ1v) is 7.42. The van der Waals surface area contributed by atoms with Crippen LogP contribution in [0.4, 0.5) is 5.13 Å². The Morgan fingerprint density at radius 1 is 1.43 bits per heavy atom. The Labute approximate surface area is 127 Å². The van der Waals surface area contributed by atoms with E-state index in [0.29, 0.717) is 24.7 Å². The van der Waals surface area contributed by atoms with E-state index in [2.05, 4.69) is 15.3 Å². The Hall–Kier alpha value is -2.15. The van der Waals surface area contributed by atoms with Gasteiger partial charge in [-0.1, -0.05) is 6.07 Å². The molecule has 0 saturated carbocycles. The molecule has 0 unspecified atom stereocenters. The van der Waals surface area contributed by atoms with Crippen LogP contribution in [0.3, 0.4) is 0 Å². The zero-order chi connectivity index (χ0) is 15.1. The number of pyridine rings is 1. The molecule has 0 aromatic carbocycles. The maximum atomic E-state index is 11.4. The predicted octanol–water partition coefficient (Wildman–Crippen LogP) is 2.26. The highest BCUT2D eigenvalue weighted by atomic mass is 32.1. The van der Waals surface area contributed by atoms with Crippen LogP contribution in [0.2, 0.25) is 0 Å². The topological polar surface area (TPSA) is 73.3 Å². The van der Waals surface area contributed by atoms with Crippen LogP contribution in [0.25, 0.3) is 0 Å². The third-order valence-electron chi connectivity index (χ3n) is 2.63. The van der Waals surface area contributed by atoms with Crippen molar-refractivity contribution in [1.29, 1.82) is 0 Å². The van der Waals surface area contributed by atoms with Gasteiger partial charge in [-0.15, -0.1) is 11.3 Å². The molecule has 21 heavy (non-hydrogen) atoms. The number of thiazole rings is 1. The van der Waals surface area contributed by atoms with Crippen molar-refractivity contribution in [2.75, 3.05) is 19.0 Å². The van der Waals surface area contributed by atoms with Gasteiger partial charge in [-0.05, 0) is 12.5 Å². The van der Waals surface area contributed by atoms with Crippen LogP contribution in [-0.4, -0.2) is 29.7 Å². The van der Waals surface area contributed by atoms with E-state index < -0.39 is 0 Å². The zero-order valence-electron chi connectivity index (χ0n) is 12.0. The van der Waals surface area contributed by atoms with Gasteiger partial charge in [0.15, 0.2) is 5.13 Å². The van der Waals surface area contributed by atoms with Gasteiger partial charge in [0, 0.05) is 24.2 Å². The first-order valence-electron chi connectivity index (χ1n) is 6.54. The van der Waals surface area contributed by atoms with E-state index in [4.69, 9.17) is 9.47 Å². The lowest BCUT2D eigenvalue weighted by Gasteiger charge is -2.03. The van der Waals surface area contributed by atoms with E-state index in [9.17, 15) is 4.79 Å². The van der Waals surface area contributed by atoms with Crippen LogP contribution in [0, 0.1) is 0 Å². The van der Waals surface area contributed by atoms with Crippen molar-refractivity contribution >= 4 is 22.4 Å². The molecule has 0 bridgehead atoms. The van der Waals surface area contributed by atoms with Crippen molar-refractivity contribution in [3.8, 4) is 5.88 Å². The SMILES string of the molecule is CCOC(=O)Cc1csc(NCc2ccc(OC)nc2)n1. The van der Waals surface area contributed by atoms with Gasteiger partial charge in [-0.3, -0.25) is 4.79 Å². The number of ether oxygens (including phenoxy) is 2. The van der Waals surface area contributed by atoms with E-state index in [1.807, 2.05) is 17.5 Å². The fourth-order valence-corrected chi connectivity index (χ4v) is 2.35. The molecular formula is C14H17N3O3S. The van der Waals surface area contributed by atoms with Crippen LogP contribution in [0.15, 0.2) is 23.7 Å². The second-order valence-corrected chi connectivity index (χ2v) is 5.05. The molecule has 112 valence electrons. The molecule has 0 aliphatic rings. The van der Waals surface area contributed by atoms with E-state index in [-0.39, 0.29) is 12.4 Å². The summed E-state index contributed by atoms with van der Waals surface area (Å²) in [5, 5.41) is 5.82. The number of esters is 1. The summed E-state index contributed by atoms with van der Waals surface area (Å²) in [5.41, 5.74) is 1.74. The maximum Gasteiger partial charge on any atom is 0.311 e. The van der Waals surface area contributed by atoms with Gasteiger partial charge in [-0.25, -0.2) is 9.97 Å². The van der Waals surface area contributed by atoms with Crippen LogP contribution in [-0.2, 0) is 22.5 Å². The quantitative estimate of drug-likeness (QED) is 0.791. The molecule has 0 aliphatic carbocycles. The minimum Gasteiger partial charge on any atom is -0.481 e. The Morgan fingerprint density at radius 2 is 2.29 bits per heavy atom. The first-order chi connectivity index (χ1) is 10.2. The monoisotopic (exact) mass is 307 g/mol. The molecule has 0 amide bonds. The van der Waals surface area contributed by atoms with E-state index in [1.54, 1.807) is 20.2 Å². The highest BCUT2D eigenvalue weighted by Crippen LogP contribution is 2.17. The number of anilines is 1. The van der Waals surface area contributed by atoms with Gasteiger partial charge in [-0.2, -0.15) is 0 Å². The average molecular weight is 307 g/mol.